The van der Waals surface area contributed by atoms with Gasteiger partial charge < -0.3 is 19.5 Å². The highest BCUT2D eigenvalue weighted by Gasteiger charge is 2.56. The summed E-state index contributed by atoms with van der Waals surface area (Å²) in [7, 11) is 0. The van der Waals surface area contributed by atoms with Crippen molar-refractivity contribution in [2.24, 2.45) is 10.3 Å². The number of fused-ring (bicyclic) bond motifs is 2. The van der Waals surface area contributed by atoms with Gasteiger partial charge in [0.25, 0.3) is 0 Å². The van der Waals surface area contributed by atoms with Crippen LogP contribution in [0.5, 0.6) is 0 Å². The third-order valence-corrected chi connectivity index (χ3v) is 7.32. The molecule has 0 amide bonds. The topological polar surface area (TPSA) is 49.7 Å². The number of benzene rings is 2. The first-order chi connectivity index (χ1) is 15.5. The zero-order valence-electron chi connectivity index (χ0n) is 21.0. The summed E-state index contributed by atoms with van der Waals surface area (Å²) in [6, 6.07) is 8.87. The summed E-state index contributed by atoms with van der Waals surface area (Å²) in [5.41, 5.74) is 8.53. The molecule has 0 saturated carbocycles. The van der Waals surface area contributed by atoms with Gasteiger partial charge in [-0.05, 0) is 77.6 Å². The molecule has 0 N–H and O–H groups in total. The molecule has 174 valence electrons. The Bertz CT molecular complexity index is 1080. The fourth-order valence-electron chi connectivity index (χ4n) is 6.10. The third kappa shape index (κ3) is 3.30. The lowest BCUT2D eigenvalue weighted by Crippen LogP contribution is -2.51. The molecule has 0 aromatic heterocycles. The van der Waals surface area contributed by atoms with Crippen molar-refractivity contribution < 1.29 is 9.68 Å². The third-order valence-electron chi connectivity index (χ3n) is 7.32. The van der Waals surface area contributed by atoms with E-state index in [1.54, 1.807) is 0 Å². The molecule has 2 aromatic rings. The van der Waals surface area contributed by atoms with Crippen LogP contribution in [0.15, 0.2) is 34.6 Å². The van der Waals surface area contributed by atoms with Crippen LogP contribution in [0.1, 0.15) is 64.8 Å². The van der Waals surface area contributed by atoms with Gasteiger partial charge in [0, 0.05) is 24.2 Å². The van der Waals surface area contributed by atoms with Crippen LogP contribution in [-0.4, -0.2) is 46.0 Å². The highest BCUT2D eigenvalue weighted by Crippen LogP contribution is 2.43. The molecule has 2 aromatic carbocycles. The highest BCUT2D eigenvalue weighted by atomic mass is 16.7. The van der Waals surface area contributed by atoms with Crippen molar-refractivity contribution in [2.45, 2.75) is 73.3 Å². The maximum atomic E-state index is 6.17. The Morgan fingerprint density at radius 3 is 1.30 bits per heavy atom. The molecule has 6 nitrogen and oxygen atoms in total. The van der Waals surface area contributed by atoms with Crippen LogP contribution in [0, 0.1) is 41.5 Å². The summed E-state index contributed by atoms with van der Waals surface area (Å²) < 4.78 is 0. The van der Waals surface area contributed by atoms with E-state index in [1.165, 1.54) is 33.4 Å². The van der Waals surface area contributed by atoms with E-state index in [0.717, 1.165) is 35.9 Å². The van der Waals surface area contributed by atoms with E-state index in [1.807, 2.05) is 0 Å². The number of nitrogens with zero attached hydrogens (tertiary/aromatic N) is 4. The monoisotopic (exact) mass is 446 g/mol. The minimum Gasteiger partial charge on any atom is -0.365 e. The fraction of sp³-hybridized carbons (Fsp3) is 0.481. The second-order valence-electron chi connectivity index (χ2n) is 10.4. The normalized spacial score (nSPS) is 26.2. The van der Waals surface area contributed by atoms with Crippen LogP contribution in [0.2, 0.25) is 0 Å². The van der Waals surface area contributed by atoms with E-state index in [4.69, 9.17) is 9.68 Å². The van der Waals surface area contributed by atoms with Crippen molar-refractivity contribution in [3.05, 3.63) is 68.8 Å². The SMILES string of the molecule is Cc1cc(C)c(C2=NO[C@@]3(C)C[C@]4(C)ON=C(c5c(C)cc(C)cc5C)N4CCN23)c(C)c1. The van der Waals surface area contributed by atoms with Crippen LogP contribution in [-0.2, 0) is 9.68 Å². The lowest BCUT2D eigenvalue weighted by atomic mass is 9.95. The van der Waals surface area contributed by atoms with E-state index in [-0.39, 0.29) is 0 Å². The Hall–Kier alpha value is -3.02. The molecule has 33 heavy (non-hydrogen) atoms. The zero-order valence-corrected chi connectivity index (χ0v) is 21.0. The molecular formula is C27H34N4O2. The van der Waals surface area contributed by atoms with Gasteiger partial charge in [-0.15, -0.1) is 0 Å². The molecule has 5 rings (SSSR count). The molecule has 3 heterocycles. The van der Waals surface area contributed by atoms with Gasteiger partial charge >= 0.3 is 0 Å². The van der Waals surface area contributed by atoms with Crippen molar-refractivity contribution in [3.8, 4) is 0 Å². The molecule has 6 heteroatoms. The van der Waals surface area contributed by atoms with Crippen LogP contribution < -0.4 is 0 Å². The summed E-state index contributed by atoms with van der Waals surface area (Å²) in [4.78, 5) is 17.0. The standard InChI is InChI=1S/C27H34N4O2/c1-16-11-18(3)22(19(4)12-16)24-28-32-26(7)15-27(8)31(10-9-30(24)26)25(29-33-27)23-20(5)13-17(2)14-21(23)6/h11-14H,9-10,15H2,1-8H3/t26-,27-/m0/s1. The number of rotatable bonds is 2. The Labute approximate surface area is 196 Å². The van der Waals surface area contributed by atoms with Gasteiger partial charge in [0.05, 0.1) is 6.42 Å². The number of amidine groups is 2. The van der Waals surface area contributed by atoms with Crippen molar-refractivity contribution in [1.29, 1.82) is 0 Å². The Morgan fingerprint density at radius 1 is 0.636 bits per heavy atom. The van der Waals surface area contributed by atoms with Gasteiger partial charge in [-0.3, -0.25) is 0 Å². The largest absolute Gasteiger partial charge is 0.365 e. The first-order valence-electron chi connectivity index (χ1n) is 11.8. The van der Waals surface area contributed by atoms with Crippen molar-refractivity contribution in [2.75, 3.05) is 13.1 Å². The van der Waals surface area contributed by atoms with Gasteiger partial charge in [-0.25, -0.2) is 0 Å². The lowest BCUT2D eigenvalue weighted by Gasteiger charge is -2.37. The van der Waals surface area contributed by atoms with Crippen LogP contribution >= 0.6 is 0 Å². The fourth-order valence-corrected chi connectivity index (χ4v) is 6.10. The van der Waals surface area contributed by atoms with E-state index >= 15 is 0 Å². The summed E-state index contributed by atoms with van der Waals surface area (Å²) in [6.07, 6.45) is 0.619. The van der Waals surface area contributed by atoms with Crippen LogP contribution in [0.4, 0.5) is 0 Å². The maximum absolute atomic E-state index is 6.17. The molecule has 3 aliphatic rings. The maximum Gasteiger partial charge on any atom is 0.214 e. The molecule has 2 atom stereocenters. The van der Waals surface area contributed by atoms with Gasteiger partial charge in [-0.1, -0.05) is 45.7 Å². The molecule has 0 spiro atoms. The van der Waals surface area contributed by atoms with Crippen LogP contribution in [0.3, 0.4) is 0 Å². The van der Waals surface area contributed by atoms with Crippen molar-refractivity contribution in [3.63, 3.8) is 0 Å². The van der Waals surface area contributed by atoms with Crippen molar-refractivity contribution >= 4 is 11.7 Å². The highest BCUT2D eigenvalue weighted by molar-refractivity contribution is 6.03. The second kappa shape index (κ2) is 7.24. The van der Waals surface area contributed by atoms with Crippen LogP contribution in [0.25, 0.3) is 0 Å². The first-order valence-corrected chi connectivity index (χ1v) is 11.8. The predicted octanol–water partition coefficient (Wildman–Crippen LogP) is 5.06. The average molecular weight is 447 g/mol. The Kier molecular flexibility index (Phi) is 4.78. The molecule has 1 fully saturated rings. The van der Waals surface area contributed by atoms with Gasteiger partial charge in [0.1, 0.15) is 0 Å². The van der Waals surface area contributed by atoms with E-state index in [0.29, 0.717) is 6.42 Å². The molecule has 0 radical (unpaired) electrons. The summed E-state index contributed by atoms with van der Waals surface area (Å²) in [6.45, 7) is 18.6. The minimum atomic E-state index is -0.606. The Morgan fingerprint density at radius 2 is 0.970 bits per heavy atom. The lowest BCUT2D eigenvalue weighted by molar-refractivity contribution is -0.155. The summed E-state index contributed by atoms with van der Waals surface area (Å²) in [5, 5.41) is 9.21. The molecular weight excluding hydrogens is 412 g/mol. The first kappa shape index (κ1) is 21.8. The molecule has 1 saturated heterocycles. The van der Waals surface area contributed by atoms with Gasteiger partial charge in [0.15, 0.2) is 11.7 Å². The minimum absolute atomic E-state index is 0.606. The number of oxime groups is 2. The summed E-state index contributed by atoms with van der Waals surface area (Å²) >= 11 is 0. The van der Waals surface area contributed by atoms with Gasteiger partial charge in [0.2, 0.25) is 11.4 Å². The van der Waals surface area contributed by atoms with Crippen molar-refractivity contribution in [1.82, 2.24) is 9.80 Å². The summed E-state index contributed by atoms with van der Waals surface area (Å²) in [5.74, 6) is 1.83. The Balaban J connectivity index is 1.52. The molecule has 0 unspecified atom stereocenters. The van der Waals surface area contributed by atoms with E-state index in [2.05, 4.69) is 99.8 Å². The predicted molar refractivity (Wildman–Crippen MR) is 131 cm³/mol. The second-order valence-corrected chi connectivity index (χ2v) is 10.4. The van der Waals surface area contributed by atoms with E-state index < -0.39 is 11.4 Å². The number of hydrogen-bond donors (Lipinski definition) is 0. The van der Waals surface area contributed by atoms with Gasteiger partial charge in [-0.2, -0.15) is 0 Å². The zero-order chi connectivity index (χ0) is 23.7. The average Bonchev–Trinajstić information content (AvgIpc) is 3.12. The number of hydrogen-bond acceptors (Lipinski definition) is 6. The van der Waals surface area contributed by atoms with E-state index in [9.17, 15) is 0 Å². The molecule has 3 aliphatic heterocycles. The quantitative estimate of drug-likeness (QED) is 0.647. The number of aryl methyl sites for hydroxylation is 6. The smallest absolute Gasteiger partial charge is 0.214 e. The molecule has 0 aliphatic carbocycles. The molecule has 0 bridgehead atoms.